The largest absolute Gasteiger partial charge is 0.503 e. The quantitative estimate of drug-likeness (QED) is 0.767. The summed E-state index contributed by atoms with van der Waals surface area (Å²) in [6, 6.07) is 6.97. The van der Waals surface area contributed by atoms with E-state index in [2.05, 4.69) is 0 Å². The summed E-state index contributed by atoms with van der Waals surface area (Å²) in [4.78, 5) is 27.3. The lowest BCUT2D eigenvalue weighted by Gasteiger charge is -2.31. The van der Waals surface area contributed by atoms with E-state index in [1.54, 1.807) is 23.6 Å². The number of benzene rings is 1. The zero-order valence-corrected chi connectivity index (χ0v) is 16.2. The van der Waals surface area contributed by atoms with Crippen LogP contribution in [0.2, 0.25) is 0 Å². The number of rotatable bonds is 4. The van der Waals surface area contributed by atoms with Crippen LogP contribution in [0.3, 0.4) is 0 Å². The third kappa shape index (κ3) is 3.04. The topological polar surface area (TPSA) is 91.8 Å². The number of sulfone groups is 1. The molecule has 0 spiro atoms. The van der Waals surface area contributed by atoms with Gasteiger partial charge in [0.05, 0.1) is 28.0 Å². The lowest BCUT2D eigenvalue weighted by atomic mass is 9.94. The van der Waals surface area contributed by atoms with E-state index in [1.165, 1.54) is 18.2 Å². The number of carbonyl (C=O) groups is 2. The Morgan fingerprint density at radius 2 is 1.96 bits per heavy atom. The van der Waals surface area contributed by atoms with Crippen molar-refractivity contribution in [1.29, 1.82) is 0 Å². The van der Waals surface area contributed by atoms with Crippen LogP contribution in [0.25, 0.3) is 0 Å². The van der Waals surface area contributed by atoms with E-state index < -0.39 is 45.2 Å². The molecule has 2 atom stereocenters. The second-order valence-electron chi connectivity index (χ2n) is 6.76. The molecule has 1 N–H and O–H groups in total. The number of carbonyl (C=O) groups excluding carboxylic acids is 2. The molecule has 1 aromatic carbocycles. The van der Waals surface area contributed by atoms with Gasteiger partial charge in [-0.2, -0.15) is 0 Å². The fourth-order valence-corrected chi connectivity index (χ4v) is 6.16. The van der Waals surface area contributed by atoms with Gasteiger partial charge in [0.25, 0.3) is 5.91 Å². The van der Waals surface area contributed by atoms with E-state index >= 15 is 0 Å². The van der Waals surface area contributed by atoms with Gasteiger partial charge in [0, 0.05) is 11.6 Å². The maximum Gasteiger partial charge on any atom is 0.290 e. The summed E-state index contributed by atoms with van der Waals surface area (Å²) in [7, 11) is -3.34. The number of halogens is 1. The Bertz CT molecular complexity index is 1090. The highest BCUT2D eigenvalue weighted by atomic mass is 32.2. The van der Waals surface area contributed by atoms with E-state index in [0.29, 0.717) is 4.88 Å². The smallest absolute Gasteiger partial charge is 0.290 e. The normalized spacial score (nSPS) is 24.2. The third-order valence-corrected chi connectivity index (χ3v) is 7.65. The van der Waals surface area contributed by atoms with Crippen molar-refractivity contribution >= 4 is 32.9 Å². The molecule has 0 bridgehead atoms. The lowest BCUT2D eigenvalue weighted by molar-refractivity contribution is -0.131. The van der Waals surface area contributed by atoms with Gasteiger partial charge in [0.15, 0.2) is 15.6 Å². The molecule has 0 saturated carbocycles. The van der Waals surface area contributed by atoms with Crippen LogP contribution in [0.5, 0.6) is 0 Å². The molecule has 3 heterocycles. The van der Waals surface area contributed by atoms with Gasteiger partial charge in [-0.15, -0.1) is 11.3 Å². The first-order valence-corrected chi connectivity index (χ1v) is 11.3. The molecule has 1 aromatic heterocycles. The summed E-state index contributed by atoms with van der Waals surface area (Å²) in [6.07, 6.45) is 0.173. The van der Waals surface area contributed by atoms with E-state index in [-0.39, 0.29) is 29.1 Å². The number of aliphatic hydroxyl groups excluding tert-OH is 1. The zero-order valence-electron chi connectivity index (χ0n) is 14.5. The molecular formula is C19H16FNO5S2. The number of aliphatic hydroxyl groups is 1. The maximum absolute atomic E-state index is 14.6. The Hall–Kier alpha value is -2.52. The first kappa shape index (κ1) is 18.8. The highest BCUT2D eigenvalue weighted by Crippen LogP contribution is 2.43. The molecule has 0 radical (unpaired) electrons. The van der Waals surface area contributed by atoms with Gasteiger partial charge < -0.3 is 10.0 Å². The lowest BCUT2D eigenvalue weighted by Crippen LogP contribution is -2.41. The third-order valence-electron chi connectivity index (χ3n) is 5.04. The molecule has 0 aliphatic carbocycles. The summed E-state index contributed by atoms with van der Waals surface area (Å²) in [5.74, 6) is -3.20. The van der Waals surface area contributed by atoms with Crippen molar-refractivity contribution in [1.82, 2.24) is 4.90 Å². The number of hydrogen-bond acceptors (Lipinski definition) is 6. The molecule has 6 nitrogen and oxygen atoms in total. The van der Waals surface area contributed by atoms with Gasteiger partial charge in [-0.3, -0.25) is 9.59 Å². The fourth-order valence-electron chi connectivity index (χ4n) is 3.77. The SMILES string of the molecule is O=C(C1=C(O)C(=O)N(C2CCS(=O)(=O)C2)C1c1ccccc1F)c1cccs1. The van der Waals surface area contributed by atoms with Crippen molar-refractivity contribution in [3.05, 3.63) is 69.4 Å². The van der Waals surface area contributed by atoms with Gasteiger partial charge in [0.1, 0.15) is 5.82 Å². The van der Waals surface area contributed by atoms with Crippen molar-refractivity contribution in [2.45, 2.75) is 18.5 Å². The molecule has 2 aliphatic rings. The van der Waals surface area contributed by atoms with Crippen molar-refractivity contribution in [3.8, 4) is 0 Å². The van der Waals surface area contributed by atoms with Crippen LogP contribution >= 0.6 is 11.3 Å². The molecule has 146 valence electrons. The molecular weight excluding hydrogens is 405 g/mol. The molecule has 1 fully saturated rings. The minimum absolute atomic E-state index is 0.0455. The highest BCUT2D eigenvalue weighted by molar-refractivity contribution is 7.91. The van der Waals surface area contributed by atoms with Crippen molar-refractivity contribution in [2.24, 2.45) is 0 Å². The minimum atomic E-state index is -3.34. The molecule has 1 saturated heterocycles. The summed E-state index contributed by atoms with van der Waals surface area (Å²) >= 11 is 1.14. The second-order valence-corrected chi connectivity index (χ2v) is 9.94. The van der Waals surface area contributed by atoms with Crippen LogP contribution in [0.15, 0.2) is 53.1 Å². The average molecular weight is 421 g/mol. The molecule has 4 rings (SSSR count). The Labute approximate surface area is 164 Å². The van der Waals surface area contributed by atoms with Gasteiger partial charge in [0.2, 0.25) is 5.78 Å². The van der Waals surface area contributed by atoms with Crippen molar-refractivity contribution in [2.75, 3.05) is 11.5 Å². The predicted octanol–water partition coefficient (Wildman–Crippen LogP) is 2.65. The van der Waals surface area contributed by atoms with E-state index in [0.717, 1.165) is 16.2 Å². The van der Waals surface area contributed by atoms with Gasteiger partial charge in [-0.25, -0.2) is 12.8 Å². The number of amides is 1. The fraction of sp³-hybridized carbons (Fsp3) is 0.263. The van der Waals surface area contributed by atoms with E-state index in [9.17, 15) is 27.5 Å². The second kappa shape index (κ2) is 6.82. The van der Waals surface area contributed by atoms with Gasteiger partial charge >= 0.3 is 0 Å². The molecule has 2 aliphatic heterocycles. The van der Waals surface area contributed by atoms with Crippen molar-refractivity contribution in [3.63, 3.8) is 0 Å². The Morgan fingerprint density at radius 1 is 1.21 bits per heavy atom. The first-order valence-electron chi connectivity index (χ1n) is 8.59. The summed E-state index contributed by atoms with van der Waals surface area (Å²) < 4.78 is 38.5. The summed E-state index contributed by atoms with van der Waals surface area (Å²) in [5, 5.41) is 12.2. The number of Topliss-reactive ketones (excluding diaryl/α,β-unsaturated/α-hetero) is 1. The molecule has 28 heavy (non-hydrogen) atoms. The van der Waals surface area contributed by atoms with Gasteiger partial charge in [-0.1, -0.05) is 24.3 Å². The maximum atomic E-state index is 14.6. The van der Waals surface area contributed by atoms with Crippen LogP contribution in [-0.2, 0) is 14.6 Å². The molecule has 2 unspecified atom stereocenters. The van der Waals surface area contributed by atoms with E-state index in [1.807, 2.05) is 0 Å². The standard InChI is InChI=1S/C19H16FNO5S2/c20-13-5-2-1-4-12(13)16-15(17(22)14-6-3-8-27-14)18(23)19(24)21(16)11-7-9-28(25,26)10-11/h1-6,8,11,16,23H,7,9-10H2. The van der Waals surface area contributed by atoms with Crippen molar-refractivity contribution < 1.29 is 27.5 Å². The number of hydrogen-bond donors (Lipinski definition) is 1. The predicted molar refractivity (Wildman–Crippen MR) is 101 cm³/mol. The number of nitrogens with zero attached hydrogens (tertiary/aromatic N) is 1. The minimum Gasteiger partial charge on any atom is -0.503 e. The van der Waals surface area contributed by atoms with E-state index in [4.69, 9.17) is 0 Å². The Balaban J connectivity index is 1.85. The summed E-state index contributed by atoms with van der Waals surface area (Å²) in [5.41, 5.74) is -0.175. The first-order chi connectivity index (χ1) is 13.3. The number of thiophene rings is 1. The Kier molecular flexibility index (Phi) is 4.59. The molecule has 1 amide bonds. The highest BCUT2D eigenvalue weighted by Gasteiger charge is 2.49. The van der Waals surface area contributed by atoms with Crippen LogP contribution in [0.1, 0.15) is 27.7 Å². The van der Waals surface area contributed by atoms with Crippen LogP contribution in [0.4, 0.5) is 4.39 Å². The van der Waals surface area contributed by atoms with Crippen LogP contribution in [-0.4, -0.2) is 47.7 Å². The van der Waals surface area contributed by atoms with Crippen LogP contribution < -0.4 is 0 Å². The molecule has 9 heteroatoms. The average Bonchev–Trinajstić information content (AvgIpc) is 3.35. The number of ketones is 1. The monoisotopic (exact) mass is 421 g/mol. The van der Waals surface area contributed by atoms with Crippen LogP contribution in [0, 0.1) is 5.82 Å². The summed E-state index contributed by atoms with van der Waals surface area (Å²) in [6.45, 7) is 0. The van der Waals surface area contributed by atoms with Gasteiger partial charge in [-0.05, 0) is 23.9 Å². The Morgan fingerprint density at radius 3 is 2.57 bits per heavy atom. The molecule has 2 aromatic rings. The zero-order chi connectivity index (χ0) is 20.1.